The van der Waals surface area contributed by atoms with Crippen molar-refractivity contribution in [3.8, 4) is 0 Å². The first-order chi connectivity index (χ1) is 9.66. The SMILES string of the molecule is O=C(O[C@H](Cc1ccccc1)C(=O)O)C1CCNCC1. The Kier molecular flexibility index (Phi) is 5.12. The second kappa shape index (κ2) is 7.05. The van der Waals surface area contributed by atoms with Crippen molar-refractivity contribution >= 4 is 11.9 Å². The minimum absolute atomic E-state index is 0.186. The van der Waals surface area contributed by atoms with E-state index in [9.17, 15) is 14.7 Å². The molecule has 5 nitrogen and oxygen atoms in total. The summed E-state index contributed by atoms with van der Waals surface area (Å²) in [5, 5.41) is 12.4. The van der Waals surface area contributed by atoms with E-state index in [1.54, 1.807) is 0 Å². The molecule has 1 fully saturated rings. The number of nitrogens with one attached hydrogen (secondary N) is 1. The van der Waals surface area contributed by atoms with Crippen molar-refractivity contribution in [2.45, 2.75) is 25.4 Å². The smallest absolute Gasteiger partial charge is 0.345 e. The fraction of sp³-hybridized carbons (Fsp3) is 0.467. The summed E-state index contributed by atoms with van der Waals surface area (Å²) in [6.45, 7) is 1.55. The molecular formula is C15H19NO4. The van der Waals surface area contributed by atoms with Gasteiger partial charge < -0.3 is 15.2 Å². The Hall–Kier alpha value is -1.88. The van der Waals surface area contributed by atoms with Crippen LogP contribution >= 0.6 is 0 Å². The number of hydrogen-bond donors (Lipinski definition) is 2. The van der Waals surface area contributed by atoms with Gasteiger partial charge in [0.15, 0.2) is 0 Å². The summed E-state index contributed by atoms with van der Waals surface area (Å²) in [7, 11) is 0. The van der Waals surface area contributed by atoms with Crippen molar-refractivity contribution in [2.24, 2.45) is 5.92 Å². The van der Waals surface area contributed by atoms with Crippen molar-refractivity contribution in [3.63, 3.8) is 0 Å². The lowest BCUT2D eigenvalue weighted by molar-refractivity contribution is -0.167. The lowest BCUT2D eigenvalue weighted by Gasteiger charge is -2.23. The molecule has 0 saturated carbocycles. The van der Waals surface area contributed by atoms with Crippen LogP contribution in [0.15, 0.2) is 30.3 Å². The fourth-order valence-corrected chi connectivity index (χ4v) is 2.30. The summed E-state index contributed by atoms with van der Waals surface area (Å²) < 4.78 is 5.19. The van der Waals surface area contributed by atoms with Crippen LogP contribution in [0.2, 0.25) is 0 Å². The molecule has 0 radical (unpaired) electrons. The van der Waals surface area contributed by atoms with E-state index >= 15 is 0 Å². The summed E-state index contributed by atoms with van der Waals surface area (Å²) in [6, 6.07) is 9.19. The first-order valence-electron chi connectivity index (χ1n) is 6.85. The molecule has 20 heavy (non-hydrogen) atoms. The zero-order valence-electron chi connectivity index (χ0n) is 11.2. The van der Waals surface area contributed by atoms with Crippen LogP contribution in [0.25, 0.3) is 0 Å². The van der Waals surface area contributed by atoms with Crippen LogP contribution in [-0.2, 0) is 20.7 Å². The Labute approximate surface area is 117 Å². The standard InChI is InChI=1S/C15H19NO4/c17-14(18)13(10-11-4-2-1-3-5-11)20-15(19)12-6-8-16-9-7-12/h1-5,12-13,16H,6-10H2,(H,17,18)/t13-/m1/s1. The molecule has 1 saturated heterocycles. The van der Waals surface area contributed by atoms with Crippen molar-refractivity contribution in [3.05, 3.63) is 35.9 Å². The van der Waals surface area contributed by atoms with Crippen LogP contribution in [0.1, 0.15) is 18.4 Å². The van der Waals surface area contributed by atoms with Gasteiger partial charge in [0.05, 0.1) is 5.92 Å². The van der Waals surface area contributed by atoms with Crippen LogP contribution in [0.3, 0.4) is 0 Å². The van der Waals surface area contributed by atoms with Gasteiger partial charge in [-0.25, -0.2) is 4.79 Å². The summed E-state index contributed by atoms with van der Waals surface area (Å²) >= 11 is 0. The number of rotatable bonds is 5. The van der Waals surface area contributed by atoms with E-state index in [-0.39, 0.29) is 12.3 Å². The summed E-state index contributed by atoms with van der Waals surface area (Å²) in [5.41, 5.74) is 0.845. The minimum Gasteiger partial charge on any atom is -0.478 e. The second-order valence-electron chi connectivity index (χ2n) is 4.98. The maximum atomic E-state index is 12.0. The fourth-order valence-electron chi connectivity index (χ4n) is 2.30. The van der Waals surface area contributed by atoms with Crippen molar-refractivity contribution in [2.75, 3.05) is 13.1 Å². The summed E-state index contributed by atoms with van der Waals surface area (Å²) in [5.74, 6) is -1.68. The van der Waals surface area contributed by atoms with Gasteiger partial charge in [0.1, 0.15) is 0 Å². The minimum atomic E-state index is -1.11. The van der Waals surface area contributed by atoms with Crippen molar-refractivity contribution in [1.29, 1.82) is 0 Å². The van der Waals surface area contributed by atoms with Gasteiger partial charge in [-0.05, 0) is 31.5 Å². The molecule has 0 spiro atoms. The number of carboxylic acid groups (broad SMARTS) is 1. The van der Waals surface area contributed by atoms with Crippen LogP contribution in [0, 0.1) is 5.92 Å². The van der Waals surface area contributed by atoms with Gasteiger partial charge in [-0.2, -0.15) is 0 Å². The molecular weight excluding hydrogens is 258 g/mol. The maximum absolute atomic E-state index is 12.0. The lowest BCUT2D eigenvalue weighted by atomic mass is 9.98. The Balaban J connectivity index is 1.95. The molecule has 0 amide bonds. The van der Waals surface area contributed by atoms with E-state index in [4.69, 9.17) is 4.74 Å². The van der Waals surface area contributed by atoms with E-state index < -0.39 is 18.0 Å². The highest BCUT2D eigenvalue weighted by molar-refractivity contribution is 5.79. The second-order valence-corrected chi connectivity index (χ2v) is 4.98. The highest BCUT2D eigenvalue weighted by atomic mass is 16.6. The Morgan fingerprint density at radius 1 is 1.25 bits per heavy atom. The number of piperidine rings is 1. The van der Waals surface area contributed by atoms with E-state index in [0.717, 1.165) is 18.7 Å². The molecule has 0 bridgehead atoms. The number of carboxylic acids is 1. The predicted octanol–water partition coefficient (Wildman–Crippen LogP) is 1.23. The Bertz CT molecular complexity index is 454. The molecule has 1 aromatic carbocycles. The van der Waals surface area contributed by atoms with Crippen LogP contribution in [-0.4, -0.2) is 36.2 Å². The first-order valence-corrected chi connectivity index (χ1v) is 6.85. The number of carbonyl (C=O) groups excluding carboxylic acids is 1. The van der Waals surface area contributed by atoms with Gasteiger partial charge in [-0.15, -0.1) is 0 Å². The average molecular weight is 277 g/mol. The van der Waals surface area contributed by atoms with Gasteiger partial charge in [0, 0.05) is 6.42 Å². The monoisotopic (exact) mass is 277 g/mol. The Morgan fingerprint density at radius 2 is 1.90 bits per heavy atom. The molecule has 5 heteroatoms. The van der Waals surface area contributed by atoms with E-state index in [1.807, 2.05) is 30.3 Å². The van der Waals surface area contributed by atoms with Crippen molar-refractivity contribution < 1.29 is 19.4 Å². The number of esters is 1. The molecule has 1 aliphatic rings. The first kappa shape index (κ1) is 14.5. The van der Waals surface area contributed by atoms with Crippen LogP contribution in [0.4, 0.5) is 0 Å². The predicted molar refractivity (Wildman–Crippen MR) is 73.3 cm³/mol. The molecule has 108 valence electrons. The molecule has 1 heterocycles. The highest BCUT2D eigenvalue weighted by Crippen LogP contribution is 2.16. The van der Waals surface area contributed by atoms with E-state index in [2.05, 4.69) is 5.32 Å². The number of carbonyl (C=O) groups is 2. The van der Waals surface area contributed by atoms with Crippen LogP contribution < -0.4 is 5.32 Å². The zero-order valence-corrected chi connectivity index (χ0v) is 11.2. The molecule has 1 atom stereocenters. The van der Waals surface area contributed by atoms with Gasteiger partial charge in [-0.1, -0.05) is 30.3 Å². The largest absolute Gasteiger partial charge is 0.478 e. The molecule has 1 aromatic rings. The molecule has 1 aliphatic heterocycles. The third kappa shape index (κ3) is 4.06. The molecule has 2 rings (SSSR count). The topological polar surface area (TPSA) is 75.6 Å². The number of benzene rings is 1. The molecule has 0 aromatic heterocycles. The summed E-state index contributed by atoms with van der Waals surface area (Å²) in [6.07, 6.45) is 0.500. The van der Waals surface area contributed by atoms with E-state index in [0.29, 0.717) is 12.8 Å². The van der Waals surface area contributed by atoms with Gasteiger partial charge >= 0.3 is 11.9 Å². The average Bonchev–Trinajstić information content (AvgIpc) is 2.48. The molecule has 0 unspecified atom stereocenters. The van der Waals surface area contributed by atoms with Gasteiger partial charge in [-0.3, -0.25) is 4.79 Å². The normalized spacial score (nSPS) is 17.4. The summed E-state index contributed by atoms with van der Waals surface area (Å²) in [4.78, 5) is 23.2. The highest BCUT2D eigenvalue weighted by Gasteiger charge is 2.28. The number of ether oxygens (including phenoxy) is 1. The maximum Gasteiger partial charge on any atom is 0.345 e. The third-order valence-electron chi connectivity index (χ3n) is 3.47. The zero-order chi connectivity index (χ0) is 14.4. The van der Waals surface area contributed by atoms with Crippen LogP contribution in [0.5, 0.6) is 0 Å². The third-order valence-corrected chi connectivity index (χ3v) is 3.47. The Morgan fingerprint density at radius 3 is 2.50 bits per heavy atom. The lowest BCUT2D eigenvalue weighted by Crippen LogP contribution is -2.37. The quantitative estimate of drug-likeness (QED) is 0.792. The molecule has 0 aliphatic carbocycles. The number of hydrogen-bond acceptors (Lipinski definition) is 4. The van der Waals surface area contributed by atoms with E-state index in [1.165, 1.54) is 0 Å². The van der Waals surface area contributed by atoms with Gasteiger partial charge in [0.25, 0.3) is 0 Å². The molecule has 2 N–H and O–H groups in total. The van der Waals surface area contributed by atoms with Crippen molar-refractivity contribution in [1.82, 2.24) is 5.32 Å². The van der Waals surface area contributed by atoms with Gasteiger partial charge in [0.2, 0.25) is 6.10 Å². The number of aliphatic carboxylic acids is 1.